The van der Waals surface area contributed by atoms with E-state index in [-0.39, 0.29) is 35.3 Å². The highest BCUT2D eigenvalue weighted by Crippen LogP contribution is 2.49. The molecule has 0 aromatic heterocycles. The van der Waals surface area contributed by atoms with Gasteiger partial charge in [-0.05, 0) is 93.2 Å². The summed E-state index contributed by atoms with van der Waals surface area (Å²) in [6, 6.07) is 19.5. The highest BCUT2D eigenvalue weighted by molar-refractivity contribution is 7.89. The second-order valence-electron chi connectivity index (χ2n) is 12.9. The zero-order valence-electron chi connectivity index (χ0n) is 30.2. The molecule has 1 aliphatic rings. The average Bonchev–Trinajstić information content (AvgIpc) is 3.12. The molecule has 3 atom stereocenters. The number of halogens is 2. The molecule has 1 amide bonds. The molecule has 0 saturated carbocycles. The third-order valence-electron chi connectivity index (χ3n) is 9.12. The van der Waals surface area contributed by atoms with Gasteiger partial charge in [0.2, 0.25) is 15.9 Å². The predicted octanol–water partition coefficient (Wildman–Crippen LogP) is 7.41. The molecule has 0 aliphatic carbocycles. The third-order valence-corrected chi connectivity index (χ3v) is 12.2. The standard InChI is InChI=1S/C39H48Cl2N4O5S2/c1-6-21-44(23-24-51(5)47)22-9-8-10-38(46)45-35(34-26-37(52(48,49)43(3)4)30(27-42)25-36(34)50-7-2)20-19-33(28-11-15-31(40)16-12-28)39(45)29-13-17-32(41)18-14-29/h11-18,20,25-26,33,39,51H,5-10,19,21-24H2,1-4H3. The quantitative estimate of drug-likeness (QED) is 0.0606. The smallest absolute Gasteiger partial charge is 0.243 e. The first-order valence-electron chi connectivity index (χ1n) is 17.5. The molecule has 52 heavy (non-hydrogen) atoms. The minimum absolute atomic E-state index is 0.0523. The molecule has 0 spiro atoms. The minimum atomic E-state index is -4.05. The van der Waals surface area contributed by atoms with Crippen LogP contribution in [-0.4, -0.2) is 84.9 Å². The number of thiol groups is 1. The van der Waals surface area contributed by atoms with E-state index in [1.807, 2.05) is 55.5 Å². The summed E-state index contributed by atoms with van der Waals surface area (Å²) in [5.74, 6) is 4.16. The maximum Gasteiger partial charge on any atom is 0.243 e. The summed E-state index contributed by atoms with van der Waals surface area (Å²) < 4.78 is 45.9. The molecule has 1 aliphatic heterocycles. The van der Waals surface area contributed by atoms with Crippen molar-refractivity contribution in [3.05, 3.63) is 99.0 Å². The molecule has 0 radical (unpaired) electrons. The third kappa shape index (κ3) is 10.3. The summed E-state index contributed by atoms with van der Waals surface area (Å²) in [6.07, 6.45) is 5.01. The number of ether oxygens (including phenoxy) is 1. The maximum atomic E-state index is 14.8. The zero-order valence-corrected chi connectivity index (χ0v) is 33.4. The van der Waals surface area contributed by atoms with Gasteiger partial charge >= 0.3 is 0 Å². The lowest BCUT2D eigenvalue weighted by Gasteiger charge is -2.43. The van der Waals surface area contributed by atoms with Crippen LogP contribution >= 0.6 is 23.2 Å². The van der Waals surface area contributed by atoms with E-state index in [9.17, 15) is 23.0 Å². The van der Waals surface area contributed by atoms with E-state index in [0.717, 1.165) is 41.4 Å². The molecule has 280 valence electrons. The van der Waals surface area contributed by atoms with Crippen LogP contribution in [0.15, 0.2) is 71.6 Å². The van der Waals surface area contributed by atoms with Gasteiger partial charge in [-0.3, -0.25) is 9.69 Å². The van der Waals surface area contributed by atoms with E-state index in [1.54, 1.807) is 17.0 Å². The van der Waals surface area contributed by atoms with Gasteiger partial charge < -0.3 is 14.2 Å². The molecule has 4 rings (SSSR count). The van der Waals surface area contributed by atoms with Crippen LogP contribution in [0.25, 0.3) is 5.70 Å². The molecule has 13 heteroatoms. The van der Waals surface area contributed by atoms with Crippen LogP contribution in [0.5, 0.6) is 5.75 Å². The molecular weight excluding hydrogens is 739 g/mol. The number of amides is 1. The summed E-state index contributed by atoms with van der Waals surface area (Å²) in [6.45, 7) is 6.49. The van der Waals surface area contributed by atoms with E-state index in [4.69, 9.17) is 27.9 Å². The summed E-state index contributed by atoms with van der Waals surface area (Å²) in [4.78, 5) is 18.7. The fraction of sp³-hybridized carbons (Fsp3) is 0.410. The van der Waals surface area contributed by atoms with Gasteiger partial charge in [0, 0.05) is 54.5 Å². The van der Waals surface area contributed by atoms with Crippen molar-refractivity contribution in [3.63, 3.8) is 0 Å². The highest BCUT2D eigenvalue weighted by Gasteiger charge is 2.40. The fourth-order valence-corrected chi connectivity index (χ4v) is 8.36. The molecule has 3 aromatic carbocycles. The SMILES string of the molecule is C=[SH+]([O-])CCN(CCC)CCCCC(=O)N1C(c2cc(S(=O)(=O)N(C)C)c(C#N)cc2OCC)=CCC(c2ccc(Cl)cc2)C1c1ccc(Cl)cc1. The van der Waals surface area contributed by atoms with Gasteiger partial charge in [-0.2, -0.15) is 16.0 Å². The van der Waals surface area contributed by atoms with E-state index < -0.39 is 26.8 Å². The van der Waals surface area contributed by atoms with Crippen LogP contribution < -0.4 is 4.74 Å². The van der Waals surface area contributed by atoms with Gasteiger partial charge in [-0.25, -0.2) is 12.7 Å². The van der Waals surface area contributed by atoms with Gasteiger partial charge in [-0.1, -0.05) is 60.5 Å². The number of benzene rings is 3. The van der Waals surface area contributed by atoms with E-state index in [1.165, 1.54) is 26.2 Å². The Morgan fingerprint density at radius 2 is 1.65 bits per heavy atom. The number of rotatable bonds is 17. The number of hydrogen-bond donors (Lipinski definition) is 0. The lowest BCUT2D eigenvalue weighted by atomic mass is 9.79. The molecule has 9 nitrogen and oxygen atoms in total. The monoisotopic (exact) mass is 786 g/mol. The minimum Gasteiger partial charge on any atom is -0.651 e. The van der Waals surface area contributed by atoms with E-state index in [2.05, 4.69) is 17.7 Å². The van der Waals surface area contributed by atoms with Crippen LogP contribution in [0.4, 0.5) is 0 Å². The van der Waals surface area contributed by atoms with Crippen LogP contribution in [0.3, 0.4) is 0 Å². The number of hydrogen-bond acceptors (Lipinski definition) is 7. The van der Waals surface area contributed by atoms with E-state index >= 15 is 0 Å². The van der Waals surface area contributed by atoms with Gasteiger partial charge in [-0.15, -0.1) is 0 Å². The predicted molar refractivity (Wildman–Crippen MR) is 213 cm³/mol. The zero-order chi connectivity index (χ0) is 38.0. The molecule has 3 aromatic rings. The van der Waals surface area contributed by atoms with Gasteiger partial charge in [0.15, 0.2) is 0 Å². The molecule has 0 N–H and O–H groups in total. The van der Waals surface area contributed by atoms with Crippen molar-refractivity contribution in [1.82, 2.24) is 14.1 Å². The molecule has 0 saturated heterocycles. The van der Waals surface area contributed by atoms with Crippen LogP contribution in [-0.2, 0) is 25.6 Å². The highest BCUT2D eigenvalue weighted by atomic mass is 35.5. The summed E-state index contributed by atoms with van der Waals surface area (Å²) in [7, 11) is -2.70. The first-order valence-corrected chi connectivity index (χ1v) is 21.3. The van der Waals surface area contributed by atoms with Crippen molar-refractivity contribution in [3.8, 4) is 11.8 Å². The molecule has 0 bridgehead atoms. The van der Waals surface area contributed by atoms with Crippen molar-refractivity contribution in [2.75, 3.05) is 46.1 Å². The molecule has 3 unspecified atom stereocenters. The maximum absolute atomic E-state index is 14.8. The van der Waals surface area contributed by atoms with Crippen LogP contribution in [0.1, 0.15) is 80.2 Å². The second kappa shape index (κ2) is 19.2. The molecule has 1 heterocycles. The Morgan fingerprint density at radius 1 is 1.02 bits per heavy atom. The average molecular weight is 788 g/mol. The Kier molecular flexibility index (Phi) is 15.4. The normalized spacial score (nSPS) is 16.8. The number of sulfonamides is 1. The van der Waals surface area contributed by atoms with Crippen molar-refractivity contribution in [2.24, 2.45) is 0 Å². The number of nitriles is 1. The van der Waals surface area contributed by atoms with Crippen LogP contribution in [0, 0.1) is 11.3 Å². The Hall–Kier alpha value is -3.21. The van der Waals surface area contributed by atoms with Crippen molar-refractivity contribution < 1.29 is 22.5 Å². The second-order valence-corrected chi connectivity index (χ2v) is 17.3. The van der Waals surface area contributed by atoms with E-state index in [0.29, 0.717) is 52.2 Å². The topological polar surface area (TPSA) is 117 Å². The van der Waals surface area contributed by atoms with Gasteiger partial charge in [0.1, 0.15) is 16.7 Å². The molecule has 0 fully saturated rings. The number of unbranched alkanes of at least 4 members (excludes halogenated alkanes) is 1. The van der Waals surface area contributed by atoms with Gasteiger partial charge in [0.25, 0.3) is 0 Å². The Bertz CT molecular complexity index is 1900. The largest absolute Gasteiger partial charge is 0.651 e. The Morgan fingerprint density at radius 3 is 2.21 bits per heavy atom. The number of carbonyl (C=O) groups is 1. The summed E-state index contributed by atoms with van der Waals surface area (Å²) >= 11 is 12.6. The first kappa shape index (κ1) is 41.5. The van der Waals surface area contributed by atoms with Crippen molar-refractivity contribution in [2.45, 2.75) is 62.8 Å². The lowest BCUT2D eigenvalue weighted by Crippen LogP contribution is -2.39. The number of allylic oxidation sites excluding steroid dienone is 1. The summed E-state index contributed by atoms with van der Waals surface area (Å²) in [5.41, 5.74) is 2.69. The molecular formula is C39H48Cl2N4O5S2. The van der Waals surface area contributed by atoms with Crippen molar-refractivity contribution >= 4 is 61.5 Å². The van der Waals surface area contributed by atoms with Gasteiger partial charge in [0.05, 0.1) is 29.7 Å². The Labute approximate surface area is 321 Å². The Balaban J connectivity index is 1.87. The fourth-order valence-electron chi connectivity index (χ4n) is 6.56. The van der Waals surface area contributed by atoms with Crippen molar-refractivity contribution in [1.29, 1.82) is 5.26 Å². The number of nitrogens with zero attached hydrogens (tertiary/aromatic N) is 4. The number of carbonyl (C=O) groups excluding carboxylic acids is 1. The van der Waals surface area contributed by atoms with Crippen LogP contribution in [0.2, 0.25) is 10.0 Å². The lowest BCUT2D eigenvalue weighted by molar-refractivity contribution is -0.130. The first-order chi connectivity index (χ1) is 24.8. The summed E-state index contributed by atoms with van der Waals surface area (Å²) in [5, 5.41) is 11.2.